The Hall–Kier alpha value is -3.47. The zero-order chi connectivity index (χ0) is 20.1. The van der Waals surface area contributed by atoms with E-state index >= 15 is 0 Å². The molecule has 1 heterocycles. The molecule has 0 bridgehead atoms. The molecule has 0 saturated carbocycles. The number of allylic oxidation sites excluding steroid dienone is 1. The summed E-state index contributed by atoms with van der Waals surface area (Å²) >= 11 is 0. The van der Waals surface area contributed by atoms with Crippen molar-refractivity contribution in [3.63, 3.8) is 0 Å². The summed E-state index contributed by atoms with van der Waals surface area (Å²) in [6.07, 6.45) is 4.05. The highest BCUT2D eigenvalue weighted by Gasteiger charge is 2.07. The smallest absolute Gasteiger partial charge is 0.241 e. The Morgan fingerprint density at radius 3 is 2.79 bits per heavy atom. The van der Waals surface area contributed by atoms with Gasteiger partial charge in [-0.05, 0) is 55.5 Å². The number of nitrogens with zero attached hydrogens (tertiary/aromatic N) is 3. The van der Waals surface area contributed by atoms with Crippen LogP contribution in [-0.2, 0) is 11.3 Å². The second-order valence-corrected chi connectivity index (χ2v) is 6.78. The maximum atomic E-state index is 12.1. The quantitative estimate of drug-likeness (QED) is 0.467. The van der Waals surface area contributed by atoms with Crippen molar-refractivity contribution in [3.8, 4) is 0 Å². The van der Waals surface area contributed by atoms with E-state index in [4.69, 9.17) is 0 Å². The number of fused-ring (bicyclic) bond motifs is 1. The fourth-order valence-corrected chi connectivity index (χ4v) is 3.19. The first-order valence-electron chi connectivity index (χ1n) is 9.12. The van der Waals surface area contributed by atoms with Gasteiger partial charge in [0.15, 0.2) is 0 Å². The van der Waals surface area contributed by atoms with Crippen LogP contribution in [0.25, 0.3) is 16.5 Å². The Morgan fingerprint density at radius 1 is 1.25 bits per heavy atom. The minimum Gasteiger partial charge on any atom is -0.347 e. The number of aryl methyl sites for hydroxylation is 2. The molecule has 1 amide bonds. The molecule has 1 N–H and O–H groups in total. The van der Waals surface area contributed by atoms with Crippen molar-refractivity contribution >= 4 is 41.0 Å². The number of hydrogen-bond acceptors (Lipinski definition) is 3. The van der Waals surface area contributed by atoms with Crippen molar-refractivity contribution in [2.24, 2.45) is 10.1 Å². The van der Waals surface area contributed by atoms with Crippen LogP contribution in [0.3, 0.4) is 0 Å². The number of carbonyl (C=O) groups is 1. The molecule has 2 aromatic carbocycles. The maximum absolute atomic E-state index is 12.1. The summed E-state index contributed by atoms with van der Waals surface area (Å²) in [5.74, 6) is -0.129. The zero-order valence-electron chi connectivity index (χ0n) is 16.3. The molecular formula is C23H24N4O. The lowest BCUT2D eigenvalue weighted by molar-refractivity contribution is -0.121. The Bertz CT molecular complexity index is 1080. The van der Waals surface area contributed by atoms with E-state index < -0.39 is 0 Å². The van der Waals surface area contributed by atoms with Gasteiger partial charge in [-0.3, -0.25) is 9.79 Å². The standard InChI is InChI=1S/C23H24N4O/c1-16(2)20-13-18(9-10-21(20)24-4)14-25-26-23(28)11-12-27-15-17(3)19-7-5-6-8-22(19)27/h5-10,13-15H,1,4,11-12H2,2-3H3,(H,26,28)/b25-14+. The summed E-state index contributed by atoms with van der Waals surface area (Å²) in [6.45, 7) is 12.1. The predicted octanol–water partition coefficient (Wildman–Crippen LogP) is 4.86. The molecule has 3 rings (SSSR count). The van der Waals surface area contributed by atoms with Crippen LogP contribution in [0.15, 0.2) is 65.3 Å². The third-order valence-corrected chi connectivity index (χ3v) is 4.62. The second kappa shape index (κ2) is 8.48. The second-order valence-electron chi connectivity index (χ2n) is 6.78. The van der Waals surface area contributed by atoms with Gasteiger partial charge in [-0.2, -0.15) is 5.10 Å². The molecule has 1 aromatic heterocycles. The van der Waals surface area contributed by atoms with Crippen molar-refractivity contribution in [1.82, 2.24) is 9.99 Å². The molecule has 0 fully saturated rings. The van der Waals surface area contributed by atoms with Gasteiger partial charge in [0.2, 0.25) is 5.91 Å². The number of nitrogens with one attached hydrogen (secondary N) is 1. The molecule has 5 nitrogen and oxygen atoms in total. The highest BCUT2D eigenvalue weighted by molar-refractivity contribution is 5.86. The summed E-state index contributed by atoms with van der Waals surface area (Å²) in [5.41, 5.74) is 8.39. The molecule has 0 unspecified atom stereocenters. The molecule has 0 spiro atoms. The van der Waals surface area contributed by atoms with Gasteiger partial charge < -0.3 is 4.57 Å². The number of amides is 1. The van der Waals surface area contributed by atoms with Crippen molar-refractivity contribution in [2.75, 3.05) is 0 Å². The molecule has 0 radical (unpaired) electrons. The number of carbonyl (C=O) groups excluding carboxylic acids is 1. The lowest BCUT2D eigenvalue weighted by atomic mass is 10.0. The predicted molar refractivity (Wildman–Crippen MR) is 117 cm³/mol. The average molecular weight is 372 g/mol. The van der Waals surface area contributed by atoms with Crippen LogP contribution >= 0.6 is 0 Å². The van der Waals surface area contributed by atoms with E-state index in [2.05, 4.69) is 58.6 Å². The fourth-order valence-electron chi connectivity index (χ4n) is 3.19. The largest absolute Gasteiger partial charge is 0.347 e. The summed E-state index contributed by atoms with van der Waals surface area (Å²) < 4.78 is 2.11. The summed E-state index contributed by atoms with van der Waals surface area (Å²) in [7, 11) is 0. The Labute approximate surface area is 165 Å². The van der Waals surface area contributed by atoms with Gasteiger partial charge in [-0.25, -0.2) is 5.43 Å². The number of rotatable bonds is 7. The molecular weight excluding hydrogens is 348 g/mol. The number of aromatic nitrogens is 1. The van der Waals surface area contributed by atoms with Gasteiger partial charge in [-0.15, -0.1) is 0 Å². The number of hydrogen-bond donors (Lipinski definition) is 1. The molecule has 3 aromatic rings. The van der Waals surface area contributed by atoms with Crippen molar-refractivity contribution in [2.45, 2.75) is 26.8 Å². The van der Waals surface area contributed by atoms with Crippen LogP contribution in [0.2, 0.25) is 0 Å². The highest BCUT2D eigenvalue weighted by Crippen LogP contribution is 2.25. The Morgan fingerprint density at radius 2 is 2.04 bits per heavy atom. The first-order valence-corrected chi connectivity index (χ1v) is 9.12. The molecule has 142 valence electrons. The monoisotopic (exact) mass is 372 g/mol. The number of benzene rings is 2. The number of para-hydroxylation sites is 1. The van der Waals surface area contributed by atoms with Gasteiger partial charge in [0.1, 0.15) is 0 Å². The lowest BCUT2D eigenvalue weighted by Gasteiger charge is -2.06. The van der Waals surface area contributed by atoms with Crippen LogP contribution in [-0.4, -0.2) is 23.4 Å². The van der Waals surface area contributed by atoms with Gasteiger partial charge in [0.05, 0.1) is 11.9 Å². The van der Waals surface area contributed by atoms with E-state index in [9.17, 15) is 4.79 Å². The maximum Gasteiger partial charge on any atom is 0.241 e. The van der Waals surface area contributed by atoms with E-state index in [1.165, 1.54) is 10.9 Å². The lowest BCUT2D eigenvalue weighted by Crippen LogP contribution is -2.19. The highest BCUT2D eigenvalue weighted by atomic mass is 16.2. The van der Waals surface area contributed by atoms with Gasteiger partial charge >= 0.3 is 0 Å². The van der Waals surface area contributed by atoms with Crippen LogP contribution in [0.1, 0.15) is 30.0 Å². The normalized spacial score (nSPS) is 11.1. The van der Waals surface area contributed by atoms with Crippen LogP contribution in [0, 0.1) is 6.92 Å². The van der Waals surface area contributed by atoms with E-state index in [0.717, 1.165) is 27.9 Å². The molecule has 5 heteroatoms. The van der Waals surface area contributed by atoms with E-state index in [1.807, 2.05) is 37.3 Å². The molecule has 0 aliphatic rings. The Kier molecular flexibility index (Phi) is 5.84. The summed E-state index contributed by atoms with van der Waals surface area (Å²) in [6, 6.07) is 13.9. The third-order valence-electron chi connectivity index (χ3n) is 4.62. The summed E-state index contributed by atoms with van der Waals surface area (Å²) in [5, 5.41) is 5.28. The first-order chi connectivity index (χ1) is 13.5. The van der Waals surface area contributed by atoms with Crippen LogP contribution < -0.4 is 5.43 Å². The molecule has 0 aliphatic heterocycles. The van der Waals surface area contributed by atoms with Gasteiger partial charge in [0.25, 0.3) is 0 Å². The minimum atomic E-state index is -0.129. The van der Waals surface area contributed by atoms with Crippen LogP contribution in [0.5, 0.6) is 0 Å². The number of aliphatic imine (C=N–C) groups is 1. The summed E-state index contributed by atoms with van der Waals surface area (Å²) in [4.78, 5) is 16.1. The van der Waals surface area contributed by atoms with E-state index in [-0.39, 0.29) is 5.91 Å². The molecule has 0 atom stereocenters. The SMILES string of the molecule is C=Nc1ccc(/C=N/NC(=O)CCn2cc(C)c3ccccc32)cc1C(=C)C. The fraction of sp³-hybridized carbons (Fsp3) is 0.174. The van der Waals surface area contributed by atoms with E-state index in [1.54, 1.807) is 6.21 Å². The molecule has 0 aliphatic carbocycles. The zero-order valence-corrected chi connectivity index (χ0v) is 16.3. The Balaban J connectivity index is 1.60. The van der Waals surface area contributed by atoms with Gasteiger partial charge in [0, 0.05) is 35.6 Å². The first kappa shape index (κ1) is 19.3. The molecule has 0 saturated heterocycles. The average Bonchev–Trinajstić information content (AvgIpc) is 3.02. The van der Waals surface area contributed by atoms with Crippen molar-refractivity contribution in [3.05, 3.63) is 71.9 Å². The van der Waals surface area contributed by atoms with Crippen LogP contribution in [0.4, 0.5) is 5.69 Å². The number of hydrazone groups is 1. The molecule has 28 heavy (non-hydrogen) atoms. The van der Waals surface area contributed by atoms with Gasteiger partial charge in [-0.1, -0.05) is 30.8 Å². The third kappa shape index (κ3) is 4.26. The van der Waals surface area contributed by atoms with E-state index in [0.29, 0.717) is 13.0 Å². The van der Waals surface area contributed by atoms with Crippen molar-refractivity contribution < 1.29 is 4.79 Å². The topological polar surface area (TPSA) is 58.8 Å². The van der Waals surface area contributed by atoms with Crippen molar-refractivity contribution in [1.29, 1.82) is 0 Å². The minimum absolute atomic E-state index is 0.129.